The van der Waals surface area contributed by atoms with Crippen LogP contribution in [-0.4, -0.2) is 35.6 Å². The predicted molar refractivity (Wildman–Crippen MR) is 80.5 cm³/mol. The van der Waals surface area contributed by atoms with Gasteiger partial charge in [0.15, 0.2) is 0 Å². The van der Waals surface area contributed by atoms with E-state index in [0.717, 1.165) is 10.1 Å². The lowest BCUT2D eigenvalue weighted by molar-refractivity contribution is 0.0698. The average Bonchev–Trinajstić information content (AvgIpc) is 3.14. The molecule has 0 heterocycles. The molecule has 1 aromatic carbocycles. The molecule has 0 unspecified atom stereocenters. The van der Waals surface area contributed by atoms with Crippen LogP contribution in [0.1, 0.15) is 23.2 Å². The van der Waals surface area contributed by atoms with Crippen LogP contribution in [0.5, 0.6) is 0 Å². The summed E-state index contributed by atoms with van der Waals surface area (Å²) in [4.78, 5) is 24.7. The first-order chi connectivity index (χ1) is 8.97. The number of nitrogens with zero attached hydrogens (tertiary/aromatic N) is 1. The van der Waals surface area contributed by atoms with Gasteiger partial charge in [-0.15, -0.1) is 0 Å². The second-order valence-electron chi connectivity index (χ2n) is 4.75. The fraction of sp³-hybridized carbons (Fsp3) is 0.385. The number of hydrogen-bond acceptors (Lipinski definition) is 2. The molecule has 0 bridgehead atoms. The predicted octanol–water partition coefficient (Wildman–Crippen LogP) is 2.86. The summed E-state index contributed by atoms with van der Waals surface area (Å²) in [5.41, 5.74) is 0.445. The molecule has 0 radical (unpaired) electrons. The van der Waals surface area contributed by atoms with Crippen molar-refractivity contribution in [2.24, 2.45) is 5.92 Å². The Morgan fingerprint density at radius 1 is 1.47 bits per heavy atom. The third kappa shape index (κ3) is 3.82. The van der Waals surface area contributed by atoms with Crippen molar-refractivity contribution >= 4 is 40.3 Å². The van der Waals surface area contributed by atoms with Gasteiger partial charge in [-0.1, -0.05) is 0 Å². The number of aromatic carboxylic acids is 1. The largest absolute Gasteiger partial charge is 0.478 e. The fourth-order valence-corrected chi connectivity index (χ4v) is 2.27. The van der Waals surface area contributed by atoms with E-state index in [0.29, 0.717) is 11.6 Å². The van der Waals surface area contributed by atoms with E-state index in [1.54, 1.807) is 30.1 Å². The highest BCUT2D eigenvalue weighted by Gasteiger charge is 2.25. The van der Waals surface area contributed by atoms with Crippen molar-refractivity contribution in [1.82, 2.24) is 4.90 Å². The molecular weight excluding hydrogens is 359 g/mol. The summed E-state index contributed by atoms with van der Waals surface area (Å²) in [7, 11) is 1.72. The average molecular weight is 374 g/mol. The first-order valence-electron chi connectivity index (χ1n) is 6.02. The number of carboxylic acid groups (broad SMARTS) is 1. The van der Waals surface area contributed by atoms with Crippen LogP contribution < -0.4 is 5.32 Å². The van der Waals surface area contributed by atoms with Gasteiger partial charge in [-0.3, -0.25) is 0 Å². The van der Waals surface area contributed by atoms with Crippen LogP contribution in [0.2, 0.25) is 0 Å². The van der Waals surface area contributed by atoms with Crippen LogP contribution >= 0.6 is 22.6 Å². The summed E-state index contributed by atoms with van der Waals surface area (Å²) in [5.74, 6) is -0.440. The molecule has 5 nitrogen and oxygen atoms in total. The molecular formula is C13H15IN2O3. The van der Waals surface area contributed by atoms with Crippen LogP contribution in [0.25, 0.3) is 0 Å². The molecule has 0 spiro atoms. The Labute approximate surface area is 125 Å². The Morgan fingerprint density at radius 3 is 2.74 bits per heavy atom. The quantitative estimate of drug-likeness (QED) is 0.797. The molecule has 1 aliphatic rings. The lowest BCUT2D eigenvalue weighted by Crippen LogP contribution is -2.33. The van der Waals surface area contributed by atoms with Gasteiger partial charge in [0, 0.05) is 17.2 Å². The lowest BCUT2D eigenvalue weighted by Gasteiger charge is -2.18. The van der Waals surface area contributed by atoms with Gasteiger partial charge in [-0.2, -0.15) is 0 Å². The van der Waals surface area contributed by atoms with Crippen molar-refractivity contribution < 1.29 is 14.7 Å². The Balaban J connectivity index is 2.08. The van der Waals surface area contributed by atoms with Crippen LogP contribution in [0.3, 0.4) is 0 Å². The molecule has 0 aromatic heterocycles. The highest BCUT2D eigenvalue weighted by Crippen LogP contribution is 2.29. The van der Waals surface area contributed by atoms with Crippen molar-refractivity contribution in [3.05, 3.63) is 27.3 Å². The van der Waals surface area contributed by atoms with E-state index >= 15 is 0 Å². The summed E-state index contributed by atoms with van der Waals surface area (Å²) >= 11 is 2.04. The van der Waals surface area contributed by atoms with Crippen molar-refractivity contribution in [3.63, 3.8) is 0 Å². The van der Waals surface area contributed by atoms with Crippen molar-refractivity contribution in [2.75, 3.05) is 18.9 Å². The molecule has 2 amide bonds. The zero-order valence-corrected chi connectivity index (χ0v) is 12.7. The van der Waals surface area contributed by atoms with Crippen LogP contribution in [0.15, 0.2) is 18.2 Å². The third-order valence-corrected chi connectivity index (χ3v) is 3.70. The zero-order valence-electron chi connectivity index (χ0n) is 10.5. The van der Waals surface area contributed by atoms with Gasteiger partial charge in [0.2, 0.25) is 0 Å². The minimum Gasteiger partial charge on any atom is -0.478 e. The Bertz CT molecular complexity index is 515. The van der Waals surface area contributed by atoms with Gasteiger partial charge >= 0.3 is 12.0 Å². The molecule has 0 atom stereocenters. The summed E-state index contributed by atoms with van der Waals surface area (Å²) < 4.78 is 0.819. The first-order valence-corrected chi connectivity index (χ1v) is 7.10. The van der Waals surface area contributed by atoms with Crippen molar-refractivity contribution in [2.45, 2.75) is 12.8 Å². The molecule has 2 N–H and O–H groups in total. The minimum absolute atomic E-state index is 0.111. The lowest BCUT2D eigenvalue weighted by atomic mass is 10.2. The number of carbonyl (C=O) groups is 2. The number of anilines is 1. The molecule has 6 heteroatoms. The van der Waals surface area contributed by atoms with Gasteiger partial charge in [0.1, 0.15) is 0 Å². The van der Waals surface area contributed by atoms with Crippen LogP contribution in [0, 0.1) is 9.49 Å². The monoisotopic (exact) mass is 374 g/mol. The van der Waals surface area contributed by atoms with E-state index in [-0.39, 0.29) is 11.6 Å². The molecule has 1 aliphatic carbocycles. The molecule has 0 saturated heterocycles. The van der Waals surface area contributed by atoms with Gasteiger partial charge in [0.05, 0.1) is 11.3 Å². The molecule has 0 aliphatic heterocycles. The van der Waals surface area contributed by atoms with Crippen LogP contribution in [0.4, 0.5) is 10.5 Å². The number of hydrogen-bond donors (Lipinski definition) is 2. The number of nitrogens with one attached hydrogen (secondary N) is 1. The number of benzene rings is 1. The van der Waals surface area contributed by atoms with Gasteiger partial charge in [-0.25, -0.2) is 9.59 Å². The van der Waals surface area contributed by atoms with Gasteiger partial charge in [-0.05, 0) is 59.5 Å². The second kappa shape index (κ2) is 5.77. The standard InChI is InChI=1S/C13H15IN2O3/c1-16(7-8-2-3-8)13(19)15-11-5-4-9(14)6-10(11)12(17)18/h4-6,8H,2-3,7H2,1H3,(H,15,19)(H,17,18). The Kier molecular flexibility index (Phi) is 4.28. The summed E-state index contributed by atoms with van der Waals surface area (Å²) in [6.07, 6.45) is 2.34. The van der Waals surface area contributed by atoms with Gasteiger partial charge < -0.3 is 15.3 Å². The van der Waals surface area contributed by atoms with Crippen molar-refractivity contribution in [3.8, 4) is 0 Å². The Hall–Kier alpha value is -1.31. The maximum absolute atomic E-state index is 12.0. The van der Waals surface area contributed by atoms with E-state index in [2.05, 4.69) is 5.32 Å². The molecule has 2 rings (SSSR count). The third-order valence-electron chi connectivity index (χ3n) is 3.03. The van der Waals surface area contributed by atoms with E-state index < -0.39 is 5.97 Å². The summed E-state index contributed by atoms with van der Waals surface area (Å²) in [5, 5.41) is 11.8. The Morgan fingerprint density at radius 2 is 2.16 bits per heavy atom. The van der Waals surface area contributed by atoms with E-state index in [1.165, 1.54) is 12.8 Å². The number of amides is 2. The molecule has 1 aromatic rings. The van der Waals surface area contributed by atoms with Crippen molar-refractivity contribution in [1.29, 1.82) is 0 Å². The minimum atomic E-state index is -1.04. The maximum atomic E-state index is 12.0. The van der Waals surface area contributed by atoms with E-state index in [9.17, 15) is 9.59 Å². The smallest absolute Gasteiger partial charge is 0.337 e. The summed E-state index contributed by atoms with van der Waals surface area (Å²) in [6.45, 7) is 0.721. The maximum Gasteiger partial charge on any atom is 0.337 e. The zero-order chi connectivity index (χ0) is 14.0. The number of carboxylic acids is 1. The normalized spacial score (nSPS) is 14.0. The number of rotatable bonds is 4. The number of carbonyl (C=O) groups excluding carboxylic acids is 1. The number of urea groups is 1. The van der Waals surface area contributed by atoms with Gasteiger partial charge in [0.25, 0.3) is 0 Å². The highest BCUT2D eigenvalue weighted by molar-refractivity contribution is 14.1. The van der Waals surface area contributed by atoms with Crippen LogP contribution in [-0.2, 0) is 0 Å². The molecule has 1 saturated carbocycles. The fourth-order valence-electron chi connectivity index (χ4n) is 1.78. The second-order valence-corrected chi connectivity index (χ2v) is 5.99. The molecule has 102 valence electrons. The topological polar surface area (TPSA) is 69.6 Å². The molecule has 1 fully saturated rings. The summed E-state index contributed by atoms with van der Waals surface area (Å²) in [6, 6.07) is 4.66. The van der Waals surface area contributed by atoms with E-state index in [1.807, 2.05) is 22.6 Å². The molecule has 19 heavy (non-hydrogen) atoms. The highest BCUT2D eigenvalue weighted by atomic mass is 127. The SMILES string of the molecule is CN(CC1CC1)C(=O)Nc1ccc(I)cc1C(=O)O. The first kappa shape index (κ1) is 14.1. The van der Waals surface area contributed by atoms with E-state index in [4.69, 9.17) is 5.11 Å². The number of halogens is 1.